The standard InChI is InChI=1S/C15H18N4O4S/c1-2-23-14(20)15(7-10-5-11(10)8-15)12-6-13(18-9-17-12)19-24(21,22)4-3-16/h6,9-11H,2,4-5,7-8H2,1H3,(H,17,18,19). The largest absolute Gasteiger partial charge is 0.465 e. The van der Waals surface area contributed by atoms with Crippen molar-refractivity contribution in [1.29, 1.82) is 5.26 Å². The summed E-state index contributed by atoms with van der Waals surface area (Å²) in [5, 5.41) is 8.55. The molecule has 128 valence electrons. The molecule has 0 spiro atoms. The Hall–Kier alpha value is -2.21. The van der Waals surface area contributed by atoms with Gasteiger partial charge < -0.3 is 4.74 Å². The van der Waals surface area contributed by atoms with Gasteiger partial charge in [-0.3, -0.25) is 9.52 Å². The van der Waals surface area contributed by atoms with Crippen molar-refractivity contribution < 1.29 is 17.9 Å². The Kier molecular flexibility index (Phi) is 4.17. The monoisotopic (exact) mass is 350 g/mol. The molecule has 8 nitrogen and oxygen atoms in total. The molecular formula is C15H18N4O4S. The highest BCUT2D eigenvalue weighted by Gasteiger charge is 2.59. The van der Waals surface area contributed by atoms with Crippen molar-refractivity contribution >= 4 is 21.8 Å². The van der Waals surface area contributed by atoms with Gasteiger partial charge in [0.2, 0.25) is 10.0 Å². The van der Waals surface area contributed by atoms with Gasteiger partial charge in [-0.1, -0.05) is 0 Å². The maximum atomic E-state index is 12.6. The Morgan fingerprint density at radius 2 is 2.17 bits per heavy atom. The summed E-state index contributed by atoms with van der Waals surface area (Å²) in [5.74, 6) is 0.0758. The Labute approximate surface area is 140 Å². The normalized spacial score (nSPS) is 27.8. The van der Waals surface area contributed by atoms with E-state index in [-0.39, 0.29) is 18.4 Å². The van der Waals surface area contributed by atoms with E-state index in [2.05, 4.69) is 14.7 Å². The first-order chi connectivity index (χ1) is 11.4. The summed E-state index contributed by atoms with van der Waals surface area (Å²) >= 11 is 0. The smallest absolute Gasteiger partial charge is 0.318 e. The number of anilines is 1. The fraction of sp³-hybridized carbons (Fsp3) is 0.600. The number of carbonyl (C=O) groups excluding carboxylic acids is 1. The fourth-order valence-electron chi connectivity index (χ4n) is 3.49. The number of rotatable bonds is 6. The highest BCUT2D eigenvalue weighted by Crippen LogP contribution is 2.60. The third kappa shape index (κ3) is 3.06. The highest BCUT2D eigenvalue weighted by atomic mass is 32.2. The van der Waals surface area contributed by atoms with E-state index in [1.54, 1.807) is 13.0 Å². The van der Waals surface area contributed by atoms with Crippen molar-refractivity contribution in [2.75, 3.05) is 17.1 Å². The number of nitrogens with one attached hydrogen (secondary N) is 1. The molecule has 9 heteroatoms. The van der Waals surface area contributed by atoms with E-state index in [9.17, 15) is 13.2 Å². The fourth-order valence-corrected chi connectivity index (χ4v) is 4.17. The molecule has 1 N–H and O–H groups in total. The number of carbonyl (C=O) groups is 1. The maximum Gasteiger partial charge on any atom is 0.318 e. The molecule has 0 radical (unpaired) electrons. The summed E-state index contributed by atoms with van der Waals surface area (Å²) in [6.45, 7) is 2.03. The molecule has 2 aliphatic rings. The van der Waals surface area contributed by atoms with Crippen LogP contribution in [0.3, 0.4) is 0 Å². The first-order valence-corrected chi connectivity index (χ1v) is 9.42. The van der Waals surface area contributed by atoms with E-state index in [1.165, 1.54) is 12.4 Å². The van der Waals surface area contributed by atoms with Gasteiger partial charge in [-0.2, -0.15) is 5.26 Å². The third-order valence-electron chi connectivity index (χ3n) is 4.63. The van der Waals surface area contributed by atoms with E-state index in [0.29, 0.717) is 30.4 Å². The van der Waals surface area contributed by atoms with Crippen molar-refractivity contribution in [3.05, 3.63) is 18.1 Å². The molecule has 1 aromatic rings. The molecule has 1 aromatic heterocycles. The van der Waals surface area contributed by atoms with Gasteiger partial charge in [-0.15, -0.1) is 0 Å². The predicted molar refractivity (Wildman–Crippen MR) is 84.2 cm³/mol. The minimum atomic E-state index is -3.79. The lowest BCUT2D eigenvalue weighted by molar-refractivity contribution is -0.150. The quantitative estimate of drug-likeness (QED) is 0.758. The first-order valence-electron chi connectivity index (χ1n) is 7.77. The van der Waals surface area contributed by atoms with Gasteiger partial charge in [0.05, 0.1) is 18.4 Å². The molecule has 2 atom stereocenters. The number of nitrogens with zero attached hydrogens (tertiary/aromatic N) is 3. The van der Waals surface area contributed by atoms with Crippen LogP contribution < -0.4 is 4.72 Å². The van der Waals surface area contributed by atoms with Crippen LogP contribution in [0.1, 0.15) is 31.9 Å². The highest BCUT2D eigenvalue weighted by molar-refractivity contribution is 7.92. The van der Waals surface area contributed by atoms with Crippen LogP contribution in [0, 0.1) is 23.2 Å². The van der Waals surface area contributed by atoms with Crippen molar-refractivity contribution in [1.82, 2.24) is 9.97 Å². The molecule has 2 fully saturated rings. The Bertz CT molecular complexity index is 792. The molecule has 0 saturated heterocycles. The molecule has 3 rings (SSSR count). The molecular weight excluding hydrogens is 332 g/mol. The minimum Gasteiger partial charge on any atom is -0.465 e. The van der Waals surface area contributed by atoms with E-state index in [0.717, 1.165) is 6.42 Å². The molecule has 2 aliphatic carbocycles. The number of hydrogen-bond acceptors (Lipinski definition) is 7. The SMILES string of the molecule is CCOC(=O)C1(c2cc(NS(=O)(=O)CC#N)ncn2)CC2CC2C1. The summed E-state index contributed by atoms with van der Waals surface area (Å²) in [7, 11) is -3.79. The van der Waals surface area contributed by atoms with Crippen molar-refractivity contribution in [3.8, 4) is 6.07 Å². The van der Waals surface area contributed by atoms with Gasteiger partial charge in [0.1, 0.15) is 17.6 Å². The maximum absolute atomic E-state index is 12.6. The van der Waals surface area contributed by atoms with E-state index in [1.807, 2.05) is 0 Å². The third-order valence-corrected chi connectivity index (χ3v) is 5.66. The number of fused-ring (bicyclic) bond motifs is 1. The van der Waals surface area contributed by atoms with Crippen LogP contribution in [0.4, 0.5) is 5.82 Å². The Morgan fingerprint density at radius 3 is 2.79 bits per heavy atom. The molecule has 2 unspecified atom stereocenters. The topological polar surface area (TPSA) is 122 Å². The van der Waals surface area contributed by atoms with Crippen molar-refractivity contribution in [3.63, 3.8) is 0 Å². The van der Waals surface area contributed by atoms with Crippen molar-refractivity contribution in [2.45, 2.75) is 31.6 Å². The lowest BCUT2D eigenvalue weighted by atomic mass is 9.79. The summed E-state index contributed by atoms with van der Waals surface area (Å²) in [4.78, 5) is 20.7. The van der Waals surface area contributed by atoms with Crippen LogP contribution in [0.15, 0.2) is 12.4 Å². The van der Waals surface area contributed by atoms with Gasteiger partial charge in [0.25, 0.3) is 0 Å². The van der Waals surface area contributed by atoms with Gasteiger partial charge >= 0.3 is 5.97 Å². The number of ether oxygens (including phenoxy) is 1. The molecule has 2 saturated carbocycles. The van der Waals surface area contributed by atoms with Gasteiger partial charge in [-0.25, -0.2) is 18.4 Å². The average molecular weight is 350 g/mol. The van der Waals surface area contributed by atoms with Gasteiger partial charge in [0.15, 0.2) is 5.75 Å². The van der Waals surface area contributed by atoms with Gasteiger partial charge in [0, 0.05) is 6.07 Å². The molecule has 0 bridgehead atoms. The summed E-state index contributed by atoms with van der Waals surface area (Å²) < 4.78 is 30.9. The van der Waals surface area contributed by atoms with Crippen LogP contribution in [0.5, 0.6) is 0 Å². The van der Waals surface area contributed by atoms with Crippen LogP contribution in [-0.4, -0.2) is 36.7 Å². The number of nitriles is 1. The lowest BCUT2D eigenvalue weighted by Gasteiger charge is -2.27. The van der Waals surface area contributed by atoms with Crippen LogP contribution in [0.2, 0.25) is 0 Å². The van der Waals surface area contributed by atoms with E-state index in [4.69, 9.17) is 10.00 Å². The zero-order valence-electron chi connectivity index (χ0n) is 13.2. The van der Waals surface area contributed by atoms with E-state index >= 15 is 0 Å². The number of esters is 1. The summed E-state index contributed by atoms with van der Waals surface area (Å²) in [6.07, 6.45) is 3.67. The minimum absolute atomic E-state index is 0.0551. The number of hydrogen-bond donors (Lipinski definition) is 1. The Balaban J connectivity index is 1.91. The molecule has 24 heavy (non-hydrogen) atoms. The number of aromatic nitrogens is 2. The van der Waals surface area contributed by atoms with Crippen LogP contribution in [-0.2, 0) is 25.0 Å². The lowest BCUT2D eigenvalue weighted by Crippen LogP contribution is -2.37. The predicted octanol–water partition coefficient (Wildman–Crippen LogP) is 0.973. The average Bonchev–Trinajstić information content (AvgIpc) is 3.13. The molecule has 0 aliphatic heterocycles. The zero-order chi connectivity index (χ0) is 17.4. The van der Waals surface area contributed by atoms with Gasteiger partial charge in [-0.05, 0) is 38.0 Å². The van der Waals surface area contributed by atoms with Crippen molar-refractivity contribution in [2.24, 2.45) is 11.8 Å². The van der Waals surface area contributed by atoms with Crippen LogP contribution in [0.25, 0.3) is 0 Å². The van der Waals surface area contributed by atoms with E-state index < -0.39 is 21.2 Å². The first kappa shape index (κ1) is 16.6. The zero-order valence-corrected chi connectivity index (χ0v) is 14.0. The second-order valence-electron chi connectivity index (χ2n) is 6.27. The second-order valence-corrected chi connectivity index (χ2v) is 8.00. The Morgan fingerprint density at radius 1 is 1.46 bits per heavy atom. The summed E-state index contributed by atoms with van der Waals surface area (Å²) in [6, 6.07) is 3.05. The summed E-state index contributed by atoms with van der Waals surface area (Å²) in [5.41, 5.74) is -0.361. The number of sulfonamides is 1. The molecule has 0 amide bonds. The molecule has 0 aromatic carbocycles. The molecule has 1 heterocycles. The second kappa shape index (κ2) is 6.02. The van der Waals surface area contributed by atoms with Crippen LogP contribution >= 0.6 is 0 Å².